The highest BCUT2D eigenvalue weighted by Gasteiger charge is 2.12. The molecule has 0 atom stereocenters. The Bertz CT molecular complexity index is 896. The highest BCUT2D eigenvalue weighted by molar-refractivity contribution is 5.98. The minimum Gasteiger partial charge on any atom is -0.496 e. The largest absolute Gasteiger partial charge is 0.496 e. The van der Waals surface area contributed by atoms with Crippen LogP contribution in [0.25, 0.3) is 0 Å². The summed E-state index contributed by atoms with van der Waals surface area (Å²) in [6.45, 7) is 3.67. The Morgan fingerprint density at radius 2 is 1.79 bits per heavy atom. The van der Waals surface area contributed by atoms with Gasteiger partial charge < -0.3 is 19.5 Å². The highest BCUT2D eigenvalue weighted by atomic mass is 16.5. The molecule has 2 rings (SSSR count). The number of methoxy groups -OCH3 is 2. The van der Waals surface area contributed by atoms with E-state index < -0.39 is 11.8 Å². The minimum absolute atomic E-state index is 0.244. The third-order valence-corrected chi connectivity index (χ3v) is 3.73. The van der Waals surface area contributed by atoms with Gasteiger partial charge in [-0.15, -0.1) is 0 Å². The smallest absolute Gasteiger partial charge is 0.259 e. The fraction of sp³-hybridized carbons (Fsp3) is 0.190. The second-order valence-corrected chi connectivity index (χ2v) is 5.65. The molecule has 0 bridgehead atoms. The third kappa shape index (κ3) is 6.10. The predicted molar refractivity (Wildman–Crippen MR) is 110 cm³/mol. The number of nitrogens with one attached hydrogen (secondary N) is 2. The summed E-state index contributed by atoms with van der Waals surface area (Å²) in [5.41, 5.74) is 3.31. The van der Waals surface area contributed by atoms with Crippen LogP contribution in [0.4, 0.5) is 0 Å². The van der Waals surface area contributed by atoms with Gasteiger partial charge in [-0.3, -0.25) is 9.59 Å². The lowest BCUT2D eigenvalue weighted by Crippen LogP contribution is -2.35. The molecule has 2 amide bonds. The van der Waals surface area contributed by atoms with Crippen LogP contribution < -0.4 is 25.0 Å². The first kappa shape index (κ1) is 21.5. The van der Waals surface area contributed by atoms with E-state index in [1.54, 1.807) is 48.5 Å². The summed E-state index contributed by atoms with van der Waals surface area (Å²) in [7, 11) is 3.00. The molecule has 0 heterocycles. The van der Waals surface area contributed by atoms with Crippen molar-refractivity contribution in [1.82, 2.24) is 10.7 Å². The molecule has 152 valence electrons. The maximum absolute atomic E-state index is 12.2. The van der Waals surface area contributed by atoms with Gasteiger partial charge in [0.15, 0.2) is 11.5 Å². The number of benzene rings is 2. The second-order valence-electron chi connectivity index (χ2n) is 5.65. The van der Waals surface area contributed by atoms with Crippen LogP contribution in [0.3, 0.4) is 0 Å². The molecule has 0 aromatic heterocycles. The van der Waals surface area contributed by atoms with Crippen LogP contribution in [0.1, 0.15) is 15.9 Å². The number of amides is 2. The van der Waals surface area contributed by atoms with Crippen LogP contribution in [-0.2, 0) is 4.79 Å². The van der Waals surface area contributed by atoms with E-state index in [0.29, 0.717) is 35.0 Å². The lowest BCUT2D eigenvalue weighted by molar-refractivity contribution is -0.120. The topological polar surface area (TPSA) is 98.2 Å². The van der Waals surface area contributed by atoms with Crippen molar-refractivity contribution in [1.29, 1.82) is 0 Å². The second kappa shape index (κ2) is 11.1. The summed E-state index contributed by atoms with van der Waals surface area (Å²) in [6, 6.07) is 12.0. The molecule has 0 saturated heterocycles. The number of ether oxygens (including phenoxy) is 3. The fourth-order valence-electron chi connectivity index (χ4n) is 2.39. The molecule has 0 unspecified atom stereocenters. The van der Waals surface area contributed by atoms with Crippen molar-refractivity contribution in [2.24, 2.45) is 5.10 Å². The Morgan fingerprint density at radius 3 is 2.52 bits per heavy atom. The van der Waals surface area contributed by atoms with Gasteiger partial charge in [-0.2, -0.15) is 5.10 Å². The van der Waals surface area contributed by atoms with Crippen LogP contribution in [0.15, 0.2) is 60.2 Å². The maximum atomic E-state index is 12.2. The summed E-state index contributed by atoms with van der Waals surface area (Å²) < 4.78 is 16.0. The van der Waals surface area contributed by atoms with E-state index in [0.717, 1.165) is 0 Å². The van der Waals surface area contributed by atoms with Gasteiger partial charge in [0.2, 0.25) is 0 Å². The maximum Gasteiger partial charge on any atom is 0.259 e. The van der Waals surface area contributed by atoms with E-state index in [9.17, 15) is 9.59 Å². The molecule has 2 aromatic carbocycles. The van der Waals surface area contributed by atoms with Crippen molar-refractivity contribution in [2.45, 2.75) is 0 Å². The first-order valence-electron chi connectivity index (χ1n) is 8.74. The average molecular weight is 397 g/mol. The molecule has 8 heteroatoms. The van der Waals surface area contributed by atoms with Gasteiger partial charge in [-0.25, -0.2) is 5.43 Å². The van der Waals surface area contributed by atoms with Crippen LogP contribution in [-0.4, -0.2) is 45.4 Å². The van der Waals surface area contributed by atoms with E-state index in [1.165, 1.54) is 20.4 Å². The Balaban J connectivity index is 1.94. The minimum atomic E-state index is -0.485. The van der Waals surface area contributed by atoms with Gasteiger partial charge in [0.05, 0.1) is 32.5 Å². The zero-order valence-electron chi connectivity index (χ0n) is 16.3. The molecule has 0 aliphatic heterocycles. The summed E-state index contributed by atoms with van der Waals surface area (Å²) in [6.07, 6.45) is 3.04. The van der Waals surface area contributed by atoms with Crippen LogP contribution in [0, 0.1) is 0 Å². The molecule has 0 spiro atoms. The molecular formula is C21H23N3O5. The summed E-state index contributed by atoms with van der Waals surface area (Å²) >= 11 is 0. The Labute approximate surface area is 169 Å². The van der Waals surface area contributed by atoms with E-state index in [4.69, 9.17) is 14.2 Å². The molecule has 0 saturated carbocycles. The van der Waals surface area contributed by atoms with Gasteiger partial charge in [0.1, 0.15) is 12.4 Å². The Kier molecular flexibility index (Phi) is 8.25. The lowest BCUT2D eigenvalue weighted by Gasteiger charge is -2.11. The standard InChI is InChI=1S/C21H23N3O5/c1-4-12-29-20-15(8-7-11-18(20)28-3)13-23-24-19(25)14-22-21(26)16-9-5-6-10-17(16)27-2/h4-11,13H,1,12,14H2,2-3H3,(H,22,26)(H,24,25). The van der Waals surface area contributed by atoms with E-state index in [2.05, 4.69) is 22.4 Å². The van der Waals surface area contributed by atoms with E-state index in [1.807, 2.05) is 0 Å². The number of carbonyl (C=O) groups is 2. The number of rotatable bonds is 10. The Morgan fingerprint density at radius 1 is 1.07 bits per heavy atom. The molecule has 0 radical (unpaired) electrons. The first-order chi connectivity index (χ1) is 14.1. The predicted octanol–water partition coefficient (Wildman–Crippen LogP) is 2.15. The molecule has 8 nitrogen and oxygen atoms in total. The zero-order valence-corrected chi connectivity index (χ0v) is 16.3. The third-order valence-electron chi connectivity index (χ3n) is 3.73. The molecule has 0 aliphatic carbocycles. The number of hydrogen-bond donors (Lipinski definition) is 2. The van der Waals surface area contributed by atoms with Crippen molar-refractivity contribution in [3.05, 3.63) is 66.2 Å². The van der Waals surface area contributed by atoms with Crippen molar-refractivity contribution >= 4 is 18.0 Å². The normalized spacial score (nSPS) is 10.3. The quantitative estimate of drug-likeness (QED) is 0.364. The summed E-state index contributed by atoms with van der Waals surface area (Å²) in [4.78, 5) is 24.2. The van der Waals surface area contributed by atoms with Crippen LogP contribution >= 0.6 is 0 Å². The number of nitrogens with zero attached hydrogens (tertiary/aromatic N) is 1. The van der Waals surface area contributed by atoms with Crippen molar-refractivity contribution in [3.63, 3.8) is 0 Å². The molecule has 0 aliphatic rings. The monoisotopic (exact) mass is 397 g/mol. The van der Waals surface area contributed by atoms with Gasteiger partial charge in [-0.1, -0.05) is 30.9 Å². The number of hydrogen-bond acceptors (Lipinski definition) is 6. The Hall–Kier alpha value is -3.81. The lowest BCUT2D eigenvalue weighted by atomic mass is 10.2. The zero-order chi connectivity index (χ0) is 21.1. The van der Waals surface area contributed by atoms with Gasteiger partial charge in [0.25, 0.3) is 11.8 Å². The molecule has 0 fully saturated rings. The van der Waals surface area contributed by atoms with Gasteiger partial charge in [-0.05, 0) is 24.3 Å². The fourth-order valence-corrected chi connectivity index (χ4v) is 2.39. The SMILES string of the molecule is C=CCOc1c(C=NNC(=O)CNC(=O)c2ccccc2OC)cccc1OC. The summed E-state index contributed by atoms with van der Waals surface area (Å²) in [5.74, 6) is 0.535. The average Bonchev–Trinajstić information content (AvgIpc) is 2.76. The van der Waals surface area contributed by atoms with Gasteiger partial charge in [0, 0.05) is 5.56 Å². The molecule has 2 N–H and O–H groups in total. The summed E-state index contributed by atoms with van der Waals surface area (Å²) in [5, 5.41) is 6.43. The van der Waals surface area contributed by atoms with Crippen LogP contribution in [0.5, 0.6) is 17.2 Å². The number of para-hydroxylation sites is 2. The highest BCUT2D eigenvalue weighted by Crippen LogP contribution is 2.30. The van der Waals surface area contributed by atoms with Gasteiger partial charge >= 0.3 is 0 Å². The molecule has 2 aromatic rings. The first-order valence-corrected chi connectivity index (χ1v) is 8.74. The number of carbonyl (C=O) groups excluding carboxylic acids is 2. The van der Waals surface area contributed by atoms with Crippen molar-refractivity contribution in [3.8, 4) is 17.2 Å². The number of hydrazone groups is 1. The molecular weight excluding hydrogens is 374 g/mol. The van der Waals surface area contributed by atoms with Crippen molar-refractivity contribution < 1.29 is 23.8 Å². The van der Waals surface area contributed by atoms with Crippen LogP contribution in [0.2, 0.25) is 0 Å². The molecule has 29 heavy (non-hydrogen) atoms. The van der Waals surface area contributed by atoms with Crippen molar-refractivity contribution in [2.75, 3.05) is 27.4 Å². The van der Waals surface area contributed by atoms with E-state index in [-0.39, 0.29) is 6.54 Å². The van der Waals surface area contributed by atoms with E-state index >= 15 is 0 Å².